The van der Waals surface area contributed by atoms with E-state index in [0.29, 0.717) is 6.04 Å². The first-order chi connectivity index (χ1) is 9.79. The number of nitrogens with one attached hydrogen (secondary N) is 1. The van der Waals surface area contributed by atoms with Crippen LogP contribution in [0.25, 0.3) is 0 Å². The van der Waals surface area contributed by atoms with Gasteiger partial charge in [0.1, 0.15) is 0 Å². The van der Waals surface area contributed by atoms with Crippen molar-refractivity contribution in [2.24, 2.45) is 5.92 Å². The van der Waals surface area contributed by atoms with E-state index in [1.807, 2.05) is 6.07 Å². The molecule has 0 saturated heterocycles. The van der Waals surface area contributed by atoms with E-state index in [1.165, 1.54) is 56.9 Å². The third-order valence-corrected chi connectivity index (χ3v) is 4.67. The number of benzene rings is 1. The molecule has 2 heteroatoms. The topological polar surface area (TPSA) is 12.0 Å². The Morgan fingerprint density at radius 2 is 1.95 bits per heavy atom. The highest BCUT2D eigenvalue weighted by Crippen LogP contribution is 2.31. The van der Waals surface area contributed by atoms with Gasteiger partial charge < -0.3 is 5.32 Å². The smallest absolute Gasteiger partial charge is 0.0409 e. The minimum atomic E-state index is 0.469. The second-order valence-electron chi connectivity index (χ2n) is 6.16. The van der Waals surface area contributed by atoms with E-state index < -0.39 is 0 Å². The van der Waals surface area contributed by atoms with Crippen LogP contribution in [-0.4, -0.2) is 6.54 Å². The molecule has 0 aromatic heterocycles. The van der Waals surface area contributed by atoms with Gasteiger partial charge in [-0.15, -0.1) is 0 Å². The molecule has 1 aromatic carbocycles. The summed E-state index contributed by atoms with van der Waals surface area (Å²) >= 11 is 6.16. The molecule has 1 fully saturated rings. The van der Waals surface area contributed by atoms with Crippen molar-refractivity contribution in [3.63, 3.8) is 0 Å². The maximum absolute atomic E-state index is 6.16. The van der Waals surface area contributed by atoms with E-state index >= 15 is 0 Å². The molecule has 0 radical (unpaired) electrons. The molecule has 1 saturated carbocycles. The first-order valence-corrected chi connectivity index (χ1v) is 8.66. The van der Waals surface area contributed by atoms with Gasteiger partial charge in [-0.3, -0.25) is 0 Å². The van der Waals surface area contributed by atoms with E-state index in [1.54, 1.807) is 0 Å². The lowest BCUT2D eigenvalue weighted by atomic mass is 9.89. The van der Waals surface area contributed by atoms with Gasteiger partial charge in [-0.05, 0) is 43.0 Å². The monoisotopic (exact) mass is 293 g/mol. The van der Waals surface area contributed by atoms with Crippen LogP contribution in [0.1, 0.15) is 69.9 Å². The van der Waals surface area contributed by atoms with Gasteiger partial charge in [0.25, 0.3) is 0 Å². The summed E-state index contributed by atoms with van der Waals surface area (Å²) in [5, 5.41) is 4.58. The number of hydrogen-bond donors (Lipinski definition) is 1. The summed E-state index contributed by atoms with van der Waals surface area (Å²) in [7, 11) is 0. The molecule has 1 aromatic rings. The molecule has 1 N–H and O–H groups in total. The van der Waals surface area contributed by atoms with Gasteiger partial charge in [0.2, 0.25) is 0 Å². The van der Waals surface area contributed by atoms with Gasteiger partial charge in [-0.1, -0.05) is 69.2 Å². The second-order valence-corrected chi connectivity index (χ2v) is 6.59. The Hall–Kier alpha value is -0.530. The van der Waals surface area contributed by atoms with Crippen molar-refractivity contribution in [3.8, 4) is 0 Å². The van der Waals surface area contributed by atoms with Crippen molar-refractivity contribution in [2.75, 3.05) is 6.54 Å². The zero-order valence-electron chi connectivity index (χ0n) is 12.7. The summed E-state index contributed by atoms with van der Waals surface area (Å²) < 4.78 is 0. The van der Waals surface area contributed by atoms with Crippen molar-refractivity contribution in [1.82, 2.24) is 5.32 Å². The van der Waals surface area contributed by atoms with E-state index in [4.69, 9.17) is 11.6 Å². The lowest BCUT2D eigenvalue weighted by Crippen LogP contribution is -2.24. The summed E-state index contributed by atoms with van der Waals surface area (Å²) in [6.45, 7) is 3.32. The zero-order valence-corrected chi connectivity index (χ0v) is 13.5. The number of halogens is 1. The average molecular weight is 294 g/mol. The summed E-state index contributed by atoms with van der Waals surface area (Å²) in [6, 6.07) is 8.86. The zero-order chi connectivity index (χ0) is 14.2. The lowest BCUT2D eigenvalue weighted by Gasteiger charge is -2.24. The fourth-order valence-electron chi connectivity index (χ4n) is 3.31. The number of rotatable bonds is 6. The molecule has 1 aliphatic rings. The Morgan fingerprint density at radius 1 is 1.20 bits per heavy atom. The van der Waals surface area contributed by atoms with Gasteiger partial charge in [0.05, 0.1) is 0 Å². The molecule has 1 atom stereocenters. The maximum atomic E-state index is 6.16. The Morgan fingerprint density at radius 3 is 2.60 bits per heavy atom. The summed E-state index contributed by atoms with van der Waals surface area (Å²) in [5.41, 5.74) is 1.36. The molecule has 2 rings (SSSR count). The Bertz CT molecular complexity index is 383. The third-order valence-electron chi connectivity index (χ3n) is 4.44. The first kappa shape index (κ1) is 15.9. The van der Waals surface area contributed by atoms with Gasteiger partial charge in [0.15, 0.2) is 0 Å². The molecule has 1 nitrogen and oxygen atoms in total. The van der Waals surface area contributed by atoms with Crippen molar-refractivity contribution in [2.45, 2.75) is 64.3 Å². The standard InChI is InChI=1S/C18H28ClN/c1-2-12-20-18(16-10-7-11-17(19)14-16)13-15-8-5-3-4-6-9-15/h7,10-11,14-15,18,20H,2-6,8-9,12-13H2,1H3. The van der Waals surface area contributed by atoms with Gasteiger partial charge in [-0.2, -0.15) is 0 Å². The Labute approximate surface area is 129 Å². The van der Waals surface area contributed by atoms with Crippen molar-refractivity contribution in [1.29, 1.82) is 0 Å². The van der Waals surface area contributed by atoms with Crippen LogP contribution in [0.3, 0.4) is 0 Å². The van der Waals surface area contributed by atoms with E-state index in [-0.39, 0.29) is 0 Å². The molecule has 0 spiro atoms. The maximum Gasteiger partial charge on any atom is 0.0409 e. The van der Waals surface area contributed by atoms with Crippen molar-refractivity contribution in [3.05, 3.63) is 34.9 Å². The molecule has 0 bridgehead atoms. The minimum absolute atomic E-state index is 0.469. The highest BCUT2D eigenvalue weighted by atomic mass is 35.5. The summed E-state index contributed by atoms with van der Waals surface area (Å²) in [6.07, 6.45) is 11.0. The van der Waals surface area contributed by atoms with Crippen LogP contribution in [0, 0.1) is 5.92 Å². The van der Waals surface area contributed by atoms with Crippen LogP contribution in [0.4, 0.5) is 0 Å². The molecular weight excluding hydrogens is 266 g/mol. The predicted molar refractivity (Wildman–Crippen MR) is 88.3 cm³/mol. The highest BCUT2D eigenvalue weighted by molar-refractivity contribution is 6.30. The lowest BCUT2D eigenvalue weighted by molar-refractivity contribution is 0.356. The fourth-order valence-corrected chi connectivity index (χ4v) is 3.51. The second kappa shape index (κ2) is 8.69. The summed E-state index contributed by atoms with van der Waals surface area (Å²) in [4.78, 5) is 0. The van der Waals surface area contributed by atoms with Gasteiger partial charge in [-0.25, -0.2) is 0 Å². The van der Waals surface area contributed by atoms with Gasteiger partial charge in [0, 0.05) is 11.1 Å². The highest BCUT2D eigenvalue weighted by Gasteiger charge is 2.19. The molecule has 1 unspecified atom stereocenters. The van der Waals surface area contributed by atoms with Gasteiger partial charge >= 0.3 is 0 Å². The van der Waals surface area contributed by atoms with Crippen LogP contribution in [0.2, 0.25) is 5.02 Å². The fraction of sp³-hybridized carbons (Fsp3) is 0.667. The molecule has 0 amide bonds. The van der Waals surface area contributed by atoms with Crippen molar-refractivity contribution < 1.29 is 0 Å². The molecule has 112 valence electrons. The van der Waals surface area contributed by atoms with Crippen LogP contribution in [0.5, 0.6) is 0 Å². The third kappa shape index (κ3) is 5.10. The number of hydrogen-bond acceptors (Lipinski definition) is 1. The van der Waals surface area contributed by atoms with E-state index in [2.05, 4.69) is 30.4 Å². The SMILES string of the molecule is CCCNC(CC1CCCCCC1)c1cccc(Cl)c1. The predicted octanol–water partition coefficient (Wildman–Crippen LogP) is 5.74. The van der Waals surface area contributed by atoms with Crippen LogP contribution >= 0.6 is 11.6 Å². The first-order valence-electron chi connectivity index (χ1n) is 8.28. The molecular formula is C18H28ClN. The van der Waals surface area contributed by atoms with Crippen LogP contribution < -0.4 is 5.32 Å². The normalized spacial score (nSPS) is 18.7. The molecule has 0 aliphatic heterocycles. The van der Waals surface area contributed by atoms with Crippen LogP contribution in [0.15, 0.2) is 24.3 Å². The molecule has 1 aliphatic carbocycles. The summed E-state index contributed by atoms with van der Waals surface area (Å²) in [5.74, 6) is 0.880. The van der Waals surface area contributed by atoms with E-state index in [0.717, 1.165) is 17.5 Å². The average Bonchev–Trinajstić information content (AvgIpc) is 2.72. The Kier molecular flexibility index (Phi) is 6.89. The quantitative estimate of drug-likeness (QED) is 0.659. The largest absolute Gasteiger partial charge is 0.310 e. The van der Waals surface area contributed by atoms with Crippen molar-refractivity contribution >= 4 is 11.6 Å². The molecule has 0 heterocycles. The van der Waals surface area contributed by atoms with E-state index in [9.17, 15) is 0 Å². The Balaban J connectivity index is 2.02. The molecule has 20 heavy (non-hydrogen) atoms. The van der Waals surface area contributed by atoms with Crippen LogP contribution in [-0.2, 0) is 0 Å². The minimum Gasteiger partial charge on any atom is -0.310 e.